The third-order valence-corrected chi connectivity index (χ3v) is 5.76. The normalized spacial score (nSPS) is 20.8. The van der Waals surface area contributed by atoms with Gasteiger partial charge in [0.1, 0.15) is 10.0 Å². The summed E-state index contributed by atoms with van der Waals surface area (Å²) in [4.78, 5) is 3.93. The lowest BCUT2D eigenvalue weighted by Gasteiger charge is -2.36. The Balaban J connectivity index is 2.26. The van der Waals surface area contributed by atoms with E-state index in [9.17, 15) is 8.42 Å². The predicted molar refractivity (Wildman–Crippen MR) is 71.0 cm³/mol. The van der Waals surface area contributed by atoms with Gasteiger partial charge in [-0.2, -0.15) is 4.31 Å². The van der Waals surface area contributed by atoms with Crippen LogP contribution in [0.5, 0.6) is 0 Å². The van der Waals surface area contributed by atoms with E-state index in [1.807, 2.05) is 0 Å². The second-order valence-electron chi connectivity index (χ2n) is 5.36. The molecule has 0 atom stereocenters. The second-order valence-corrected chi connectivity index (χ2v) is 7.63. The molecule has 0 unspecified atom stereocenters. The Bertz CT molecular complexity index is 533. The van der Waals surface area contributed by atoms with Crippen LogP contribution < -0.4 is 0 Å². The number of hydrogen-bond donors (Lipinski definition) is 0. The summed E-state index contributed by atoms with van der Waals surface area (Å²) in [5.74, 6) is 0. The van der Waals surface area contributed by atoms with Crippen molar-refractivity contribution in [1.29, 1.82) is 0 Å². The number of nitrogens with zero attached hydrogens (tertiary/aromatic N) is 2. The molecule has 0 aliphatic carbocycles. The minimum Gasteiger partial charge on any atom is -0.243 e. The molecule has 0 amide bonds. The third-order valence-electron chi connectivity index (χ3n) is 3.42. The molecular weight excluding hydrogens is 272 g/mol. The Labute approximate surface area is 113 Å². The molecule has 18 heavy (non-hydrogen) atoms. The van der Waals surface area contributed by atoms with Crippen molar-refractivity contribution in [2.24, 2.45) is 5.41 Å². The average molecular weight is 289 g/mol. The number of piperidine rings is 1. The first-order chi connectivity index (χ1) is 8.33. The van der Waals surface area contributed by atoms with E-state index >= 15 is 0 Å². The van der Waals surface area contributed by atoms with Gasteiger partial charge in [-0.1, -0.05) is 25.4 Å². The molecule has 2 heterocycles. The molecule has 0 bridgehead atoms. The van der Waals surface area contributed by atoms with Gasteiger partial charge < -0.3 is 0 Å². The lowest BCUT2D eigenvalue weighted by molar-refractivity contribution is 0.196. The van der Waals surface area contributed by atoms with Crippen LogP contribution in [0, 0.1) is 5.41 Å². The fourth-order valence-electron chi connectivity index (χ4n) is 2.03. The molecular formula is C12H17ClN2O2S. The molecule has 1 aromatic rings. The van der Waals surface area contributed by atoms with Gasteiger partial charge in [0.15, 0.2) is 0 Å². The van der Waals surface area contributed by atoms with E-state index in [-0.39, 0.29) is 15.5 Å². The van der Waals surface area contributed by atoms with Crippen molar-refractivity contribution in [2.45, 2.75) is 31.6 Å². The maximum Gasteiger partial charge on any atom is 0.246 e. The van der Waals surface area contributed by atoms with Gasteiger partial charge in [-0.25, -0.2) is 13.4 Å². The highest BCUT2D eigenvalue weighted by Gasteiger charge is 2.33. The van der Waals surface area contributed by atoms with Crippen LogP contribution in [-0.4, -0.2) is 30.8 Å². The Morgan fingerprint density at radius 2 is 1.94 bits per heavy atom. The first-order valence-corrected chi connectivity index (χ1v) is 7.75. The predicted octanol–water partition coefficient (Wildman–Crippen LogP) is 2.55. The summed E-state index contributed by atoms with van der Waals surface area (Å²) >= 11 is 5.87. The van der Waals surface area contributed by atoms with Crippen LogP contribution in [-0.2, 0) is 10.0 Å². The van der Waals surface area contributed by atoms with E-state index < -0.39 is 10.0 Å². The number of pyridine rings is 1. The van der Waals surface area contributed by atoms with E-state index in [1.54, 1.807) is 6.07 Å². The first kappa shape index (κ1) is 13.8. The second kappa shape index (κ2) is 4.79. The average Bonchev–Trinajstić information content (AvgIpc) is 2.28. The number of hydrogen-bond acceptors (Lipinski definition) is 3. The summed E-state index contributed by atoms with van der Waals surface area (Å²) in [5, 5.41) is 0.0438. The molecule has 4 nitrogen and oxygen atoms in total. The summed E-state index contributed by atoms with van der Waals surface area (Å²) in [5.41, 5.74) is 0.213. The quantitative estimate of drug-likeness (QED) is 0.786. The smallest absolute Gasteiger partial charge is 0.243 e. The van der Waals surface area contributed by atoms with Gasteiger partial charge in [0.05, 0.1) is 0 Å². The van der Waals surface area contributed by atoms with Crippen molar-refractivity contribution in [1.82, 2.24) is 9.29 Å². The molecule has 2 rings (SSSR count). The van der Waals surface area contributed by atoms with Crippen LogP contribution in [0.2, 0.25) is 5.15 Å². The van der Waals surface area contributed by atoms with Gasteiger partial charge in [0.25, 0.3) is 0 Å². The molecule has 1 saturated heterocycles. The molecule has 1 fully saturated rings. The Hall–Kier alpha value is -0.650. The fraction of sp³-hybridized carbons (Fsp3) is 0.583. The number of aromatic nitrogens is 1. The number of rotatable bonds is 2. The monoisotopic (exact) mass is 288 g/mol. The highest BCUT2D eigenvalue weighted by atomic mass is 35.5. The lowest BCUT2D eigenvalue weighted by Crippen LogP contribution is -2.41. The van der Waals surface area contributed by atoms with Gasteiger partial charge in [0.2, 0.25) is 10.0 Å². The first-order valence-electron chi connectivity index (χ1n) is 5.94. The van der Waals surface area contributed by atoms with Gasteiger partial charge in [0, 0.05) is 19.3 Å². The molecule has 0 N–H and O–H groups in total. The van der Waals surface area contributed by atoms with Gasteiger partial charge in [-0.05, 0) is 30.4 Å². The van der Waals surface area contributed by atoms with E-state index in [0.29, 0.717) is 13.1 Å². The van der Waals surface area contributed by atoms with Crippen molar-refractivity contribution >= 4 is 21.6 Å². The molecule has 1 aliphatic heterocycles. The molecule has 0 radical (unpaired) electrons. The Morgan fingerprint density at radius 1 is 1.33 bits per heavy atom. The third kappa shape index (κ3) is 2.68. The zero-order chi connectivity index (χ0) is 13.4. The molecule has 0 saturated carbocycles. The van der Waals surface area contributed by atoms with E-state index in [0.717, 1.165) is 12.8 Å². The molecule has 0 aromatic carbocycles. The topological polar surface area (TPSA) is 50.3 Å². The van der Waals surface area contributed by atoms with E-state index in [4.69, 9.17) is 11.6 Å². The lowest BCUT2D eigenvalue weighted by atomic mass is 9.83. The van der Waals surface area contributed by atoms with Gasteiger partial charge in [-0.15, -0.1) is 0 Å². The van der Waals surface area contributed by atoms with Crippen molar-refractivity contribution in [3.63, 3.8) is 0 Å². The van der Waals surface area contributed by atoms with Crippen LogP contribution in [0.3, 0.4) is 0 Å². The highest BCUT2D eigenvalue weighted by Crippen LogP contribution is 2.33. The van der Waals surface area contributed by atoms with Crippen LogP contribution >= 0.6 is 11.6 Å². The fourth-order valence-corrected chi connectivity index (χ4v) is 3.90. The Kier molecular flexibility index (Phi) is 3.67. The zero-order valence-corrected chi connectivity index (χ0v) is 12.1. The molecule has 1 aromatic heterocycles. The van der Waals surface area contributed by atoms with Gasteiger partial charge >= 0.3 is 0 Å². The van der Waals surface area contributed by atoms with Crippen LogP contribution in [0.1, 0.15) is 26.7 Å². The van der Waals surface area contributed by atoms with E-state index in [1.165, 1.54) is 16.6 Å². The molecule has 6 heteroatoms. The molecule has 0 spiro atoms. The molecule has 1 aliphatic rings. The zero-order valence-electron chi connectivity index (χ0n) is 10.6. The van der Waals surface area contributed by atoms with Crippen LogP contribution in [0.25, 0.3) is 0 Å². The van der Waals surface area contributed by atoms with Crippen molar-refractivity contribution < 1.29 is 8.42 Å². The standard InChI is InChI=1S/C12H17ClN2O2S/c1-12(2)5-8-15(9-6-12)18(16,17)10-4-3-7-14-11(10)13/h3-4,7H,5-6,8-9H2,1-2H3. The largest absolute Gasteiger partial charge is 0.246 e. The van der Waals surface area contributed by atoms with Crippen molar-refractivity contribution in [3.05, 3.63) is 23.5 Å². The van der Waals surface area contributed by atoms with Gasteiger partial charge in [-0.3, -0.25) is 0 Å². The maximum atomic E-state index is 12.4. The van der Waals surface area contributed by atoms with Crippen LogP contribution in [0.15, 0.2) is 23.2 Å². The van der Waals surface area contributed by atoms with Crippen molar-refractivity contribution in [2.75, 3.05) is 13.1 Å². The summed E-state index contributed by atoms with van der Waals surface area (Å²) in [6.45, 7) is 5.41. The summed E-state index contributed by atoms with van der Waals surface area (Å²) in [7, 11) is -3.50. The highest BCUT2D eigenvalue weighted by molar-refractivity contribution is 7.89. The molecule has 100 valence electrons. The summed E-state index contributed by atoms with van der Waals surface area (Å²) in [6.07, 6.45) is 3.22. The maximum absolute atomic E-state index is 12.4. The minimum atomic E-state index is -3.50. The number of halogens is 1. The summed E-state index contributed by atoms with van der Waals surface area (Å²) < 4.78 is 26.3. The van der Waals surface area contributed by atoms with Crippen molar-refractivity contribution in [3.8, 4) is 0 Å². The number of sulfonamides is 1. The summed E-state index contributed by atoms with van der Waals surface area (Å²) in [6, 6.07) is 3.09. The SMILES string of the molecule is CC1(C)CCN(S(=O)(=O)c2cccnc2Cl)CC1. The minimum absolute atomic E-state index is 0.0438. The van der Waals surface area contributed by atoms with Crippen LogP contribution in [0.4, 0.5) is 0 Å². The Morgan fingerprint density at radius 3 is 2.50 bits per heavy atom. The van der Waals surface area contributed by atoms with E-state index in [2.05, 4.69) is 18.8 Å².